The summed E-state index contributed by atoms with van der Waals surface area (Å²) in [6.45, 7) is -3.14. The molecule has 0 aliphatic heterocycles. The molecule has 0 spiro atoms. The van der Waals surface area contributed by atoms with Crippen molar-refractivity contribution < 1.29 is 22.0 Å². The van der Waals surface area contributed by atoms with Gasteiger partial charge in [0.15, 0.2) is 5.69 Å². The molecule has 0 aromatic carbocycles. The van der Waals surface area contributed by atoms with Gasteiger partial charge >= 0.3 is 12.7 Å². The van der Waals surface area contributed by atoms with Crippen molar-refractivity contribution >= 4 is 10.9 Å². The molecule has 0 atom stereocenters. The normalized spacial score (nSPS) is 12.5. The summed E-state index contributed by atoms with van der Waals surface area (Å²) < 4.78 is 66.0. The lowest BCUT2D eigenvalue weighted by atomic mass is 10.2. The van der Waals surface area contributed by atoms with Gasteiger partial charge in [-0.25, -0.2) is 4.98 Å². The van der Waals surface area contributed by atoms with E-state index in [1.54, 1.807) is 0 Å². The highest BCUT2D eigenvalue weighted by Gasteiger charge is 2.37. The summed E-state index contributed by atoms with van der Waals surface area (Å²) in [6, 6.07) is 1.34. The van der Waals surface area contributed by atoms with Crippen molar-refractivity contribution in [1.82, 2.24) is 24.3 Å². The number of fused-ring (bicyclic) bond motifs is 1. The van der Waals surface area contributed by atoms with Crippen LogP contribution in [0.3, 0.4) is 0 Å². The van der Waals surface area contributed by atoms with E-state index in [4.69, 9.17) is 0 Å². The van der Waals surface area contributed by atoms with E-state index < -0.39 is 18.4 Å². The standard InChI is InChI=1S/C12H8F5N5/c13-11(14)21-4-3-19-9(21)6-22-8-1-2-18-5-7(8)10(20-22)12(15,16)17/h1-5,11H,6H2. The second kappa shape index (κ2) is 5.04. The molecule has 0 aliphatic carbocycles. The molecule has 3 aromatic heterocycles. The Labute approximate surface area is 120 Å². The van der Waals surface area contributed by atoms with Gasteiger partial charge in [-0.15, -0.1) is 0 Å². The largest absolute Gasteiger partial charge is 0.435 e. The molecule has 0 radical (unpaired) electrons. The summed E-state index contributed by atoms with van der Waals surface area (Å²) >= 11 is 0. The van der Waals surface area contributed by atoms with Gasteiger partial charge in [-0.1, -0.05) is 0 Å². The Kier molecular flexibility index (Phi) is 3.30. The van der Waals surface area contributed by atoms with E-state index in [9.17, 15) is 22.0 Å². The van der Waals surface area contributed by atoms with Crippen LogP contribution in [0.4, 0.5) is 22.0 Å². The van der Waals surface area contributed by atoms with Gasteiger partial charge in [0.05, 0.1) is 17.4 Å². The van der Waals surface area contributed by atoms with Gasteiger partial charge in [-0.05, 0) is 6.07 Å². The van der Waals surface area contributed by atoms with Gasteiger partial charge in [-0.2, -0.15) is 27.1 Å². The van der Waals surface area contributed by atoms with E-state index in [1.165, 1.54) is 12.3 Å². The minimum absolute atomic E-state index is 0.0927. The smallest absolute Gasteiger partial charge is 0.276 e. The lowest BCUT2D eigenvalue weighted by Gasteiger charge is -2.07. The van der Waals surface area contributed by atoms with Crippen LogP contribution in [0, 0.1) is 0 Å². The zero-order valence-electron chi connectivity index (χ0n) is 10.8. The number of nitrogens with zero attached hydrogens (tertiary/aromatic N) is 5. The maximum atomic E-state index is 13.0. The average molecular weight is 317 g/mol. The molecule has 0 aliphatic rings. The van der Waals surface area contributed by atoms with Crippen LogP contribution in [0.2, 0.25) is 0 Å². The number of halogens is 5. The number of imidazole rings is 1. The average Bonchev–Trinajstić information content (AvgIpc) is 3.04. The molecule has 5 nitrogen and oxygen atoms in total. The molecule has 3 rings (SSSR count). The highest BCUT2D eigenvalue weighted by molar-refractivity contribution is 5.81. The van der Waals surface area contributed by atoms with Crippen LogP contribution in [-0.4, -0.2) is 24.3 Å². The Morgan fingerprint density at radius 2 is 1.95 bits per heavy atom. The van der Waals surface area contributed by atoms with Gasteiger partial charge < -0.3 is 0 Å². The van der Waals surface area contributed by atoms with Crippen molar-refractivity contribution in [2.45, 2.75) is 19.3 Å². The minimum Gasteiger partial charge on any atom is -0.276 e. The predicted octanol–water partition coefficient (Wildman–Crippen LogP) is 3.09. The third-order valence-corrected chi connectivity index (χ3v) is 3.07. The number of rotatable bonds is 3. The molecule has 0 saturated heterocycles. The highest BCUT2D eigenvalue weighted by Crippen LogP contribution is 2.33. The van der Waals surface area contributed by atoms with Crippen molar-refractivity contribution in [2.75, 3.05) is 0 Å². The Morgan fingerprint density at radius 3 is 2.64 bits per heavy atom. The molecule has 0 N–H and O–H groups in total. The van der Waals surface area contributed by atoms with E-state index in [0.717, 1.165) is 23.3 Å². The molecule has 3 heterocycles. The highest BCUT2D eigenvalue weighted by atomic mass is 19.4. The fraction of sp³-hybridized carbons (Fsp3) is 0.250. The first-order chi connectivity index (χ1) is 10.4. The first kappa shape index (κ1) is 14.4. The monoisotopic (exact) mass is 317 g/mol. The summed E-state index contributed by atoms with van der Waals surface area (Å²) in [5.41, 5.74) is -0.961. The molecule has 10 heteroatoms. The lowest BCUT2D eigenvalue weighted by molar-refractivity contribution is -0.140. The van der Waals surface area contributed by atoms with Crippen molar-refractivity contribution in [3.63, 3.8) is 0 Å². The maximum Gasteiger partial charge on any atom is 0.435 e. The number of pyridine rings is 1. The quantitative estimate of drug-likeness (QED) is 0.698. The third kappa shape index (κ3) is 2.40. The molecule has 0 saturated carbocycles. The Bertz CT molecular complexity index is 804. The van der Waals surface area contributed by atoms with Gasteiger partial charge in [0.25, 0.3) is 0 Å². The van der Waals surface area contributed by atoms with Crippen molar-refractivity contribution in [3.8, 4) is 0 Å². The second-order valence-electron chi connectivity index (χ2n) is 4.43. The molecule has 0 amide bonds. The van der Waals surface area contributed by atoms with Crippen LogP contribution < -0.4 is 0 Å². The zero-order chi connectivity index (χ0) is 15.9. The van der Waals surface area contributed by atoms with Crippen LogP contribution in [-0.2, 0) is 12.7 Å². The fourth-order valence-electron chi connectivity index (χ4n) is 2.13. The number of hydrogen-bond donors (Lipinski definition) is 0. The SMILES string of the molecule is FC(F)n1ccnc1Cn1nc(C(F)(F)F)c2cnccc21. The third-order valence-electron chi connectivity index (χ3n) is 3.07. The molecule has 116 valence electrons. The summed E-state index contributed by atoms with van der Waals surface area (Å²) in [4.78, 5) is 7.39. The fourth-order valence-corrected chi connectivity index (χ4v) is 2.13. The first-order valence-electron chi connectivity index (χ1n) is 6.05. The van der Waals surface area contributed by atoms with Gasteiger partial charge in [0.1, 0.15) is 5.82 Å². The summed E-state index contributed by atoms with van der Waals surface area (Å²) in [5, 5.41) is 3.30. The van der Waals surface area contributed by atoms with Crippen molar-refractivity contribution in [3.05, 3.63) is 42.4 Å². The molecule has 3 aromatic rings. The molecular weight excluding hydrogens is 309 g/mol. The van der Waals surface area contributed by atoms with Gasteiger partial charge in [0.2, 0.25) is 0 Å². The number of alkyl halides is 5. The summed E-state index contributed by atoms with van der Waals surface area (Å²) in [6.07, 6.45) is -0.108. The van der Waals surface area contributed by atoms with Gasteiger partial charge in [0, 0.05) is 24.8 Å². The predicted molar refractivity (Wildman–Crippen MR) is 65.1 cm³/mol. The molecule has 0 bridgehead atoms. The first-order valence-corrected chi connectivity index (χ1v) is 6.05. The van der Waals surface area contributed by atoms with Gasteiger partial charge in [-0.3, -0.25) is 14.2 Å². The minimum atomic E-state index is -4.66. The topological polar surface area (TPSA) is 48.5 Å². The van der Waals surface area contributed by atoms with E-state index >= 15 is 0 Å². The second-order valence-corrected chi connectivity index (χ2v) is 4.43. The lowest BCUT2D eigenvalue weighted by Crippen LogP contribution is -2.12. The van der Waals surface area contributed by atoms with E-state index in [-0.39, 0.29) is 23.3 Å². The molecule has 0 unspecified atom stereocenters. The van der Waals surface area contributed by atoms with E-state index in [1.807, 2.05) is 0 Å². The van der Waals surface area contributed by atoms with Crippen LogP contribution in [0.25, 0.3) is 10.9 Å². The zero-order valence-corrected chi connectivity index (χ0v) is 10.8. The van der Waals surface area contributed by atoms with E-state index in [0.29, 0.717) is 4.57 Å². The van der Waals surface area contributed by atoms with Crippen LogP contribution in [0.1, 0.15) is 18.1 Å². The molecule has 22 heavy (non-hydrogen) atoms. The van der Waals surface area contributed by atoms with Crippen molar-refractivity contribution in [2.24, 2.45) is 0 Å². The van der Waals surface area contributed by atoms with Crippen LogP contribution in [0.5, 0.6) is 0 Å². The Morgan fingerprint density at radius 1 is 1.18 bits per heavy atom. The number of hydrogen-bond acceptors (Lipinski definition) is 3. The maximum absolute atomic E-state index is 13.0. The Balaban J connectivity index is 2.10. The molecule has 0 fully saturated rings. The van der Waals surface area contributed by atoms with E-state index in [2.05, 4.69) is 15.1 Å². The van der Waals surface area contributed by atoms with Crippen molar-refractivity contribution in [1.29, 1.82) is 0 Å². The number of aromatic nitrogens is 5. The summed E-state index contributed by atoms with van der Waals surface area (Å²) in [7, 11) is 0. The molecular formula is C12H8F5N5. The van der Waals surface area contributed by atoms with Crippen LogP contribution in [0.15, 0.2) is 30.9 Å². The van der Waals surface area contributed by atoms with Crippen LogP contribution >= 0.6 is 0 Å². The Hall–Kier alpha value is -2.52. The summed E-state index contributed by atoms with van der Waals surface area (Å²) in [5.74, 6) is -0.0927.